The molecule has 170 valence electrons. The molecule has 3 atom stereocenters. The van der Waals surface area contributed by atoms with Crippen molar-refractivity contribution in [2.24, 2.45) is 10.8 Å². The average molecular weight is 448 g/mol. The maximum atomic E-state index is 14.2. The summed E-state index contributed by atoms with van der Waals surface area (Å²) in [5.41, 5.74) is -2.26. The fourth-order valence-corrected chi connectivity index (χ4v) is 5.32. The Morgan fingerprint density at radius 2 is 2.19 bits per heavy atom. The van der Waals surface area contributed by atoms with Gasteiger partial charge in [-0.3, -0.25) is 4.79 Å². The van der Waals surface area contributed by atoms with Crippen LogP contribution in [0.25, 0.3) is 5.52 Å². The molecule has 4 heterocycles. The van der Waals surface area contributed by atoms with E-state index in [1.807, 2.05) is 13.1 Å². The van der Waals surface area contributed by atoms with Crippen LogP contribution in [-0.4, -0.2) is 79.1 Å². The van der Waals surface area contributed by atoms with Crippen LogP contribution in [0, 0.1) is 22.2 Å². The lowest BCUT2D eigenvalue weighted by molar-refractivity contribution is -0.191. The minimum Gasteiger partial charge on any atom is -0.374 e. The van der Waals surface area contributed by atoms with Crippen LogP contribution in [0.15, 0.2) is 24.4 Å². The summed E-state index contributed by atoms with van der Waals surface area (Å²) >= 11 is 0. The Bertz CT molecular complexity index is 1110. The highest BCUT2D eigenvalue weighted by Gasteiger charge is 2.86. The molecule has 3 fully saturated rings. The molecule has 5 rings (SSSR count). The van der Waals surface area contributed by atoms with Crippen molar-refractivity contribution in [2.45, 2.75) is 18.7 Å². The van der Waals surface area contributed by atoms with Gasteiger partial charge >= 0.3 is 6.18 Å². The molecule has 1 N–H and O–H groups in total. The first-order valence-corrected chi connectivity index (χ1v) is 10.5. The number of halogens is 3. The number of aromatic nitrogens is 2. The zero-order valence-corrected chi connectivity index (χ0v) is 17.5. The van der Waals surface area contributed by atoms with E-state index in [2.05, 4.69) is 15.3 Å². The SMILES string of the molecule is CN1CCO[C@@H](CNC(=O)[C@@]23CN(c4ccc(C#N)n5nccc45)C[C@]2(C(F)(F)F)C3)C1. The highest BCUT2D eigenvalue weighted by Crippen LogP contribution is 2.75. The van der Waals surface area contributed by atoms with Gasteiger partial charge in [0.15, 0.2) is 0 Å². The lowest BCUT2D eigenvalue weighted by atomic mass is 9.94. The molecule has 0 radical (unpaired) electrons. The fourth-order valence-electron chi connectivity index (χ4n) is 5.32. The van der Waals surface area contributed by atoms with Crippen molar-refractivity contribution in [3.63, 3.8) is 0 Å². The molecule has 1 aliphatic carbocycles. The second-order valence-electron chi connectivity index (χ2n) is 9.00. The van der Waals surface area contributed by atoms with Crippen LogP contribution in [0.5, 0.6) is 0 Å². The van der Waals surface area contributed by atoms with Gasteiger partial charge in [0, 0.05) is 32.7 Å². The van der Waals surface area contributed by atoms with Gasteiger partial charge in [-0.1, -0.05) is 0 Å². The number of piperidine rings is 1. The van der Waals surface area contributed by atoms with Crippen LogP contribution in [0.4, 0.5) is 18.9 Å². The molecule has 0 spiro atoms. The summed E-state index contributed by atoms with van der Waals surface area (Å²) in [5, 5.41) is 16.1. The van der Waals surface area contributed by atoms with Crippen molar-refractivity contribution in [2.75, 3.05) is 51.3 Å². The number of ether oxygens (including phenoxy) is 1. The monoisotopic (exact) mass is 448 g/mol. The Kier molecular flexibility index (Phi) is 4.65. The lowest BCUT2D eigenvalue weighted by Crippen LogP contribution is -2.48. The number of nitrogens with one attached hydrogen (secondary N) is 1. The van der Waals surface area contributed by atoms with Gasteiger partial charge < -0.3 is 19.9 Å². The third kappa shape index (κ3) is 2.97. The number of alkyl halides is 3. The predicted octanol–water partition coefficient (Wildman–Crippen LogP) is 1.41. The van der Waals surface area contributed by atoms with Gasteiger partial charge in [0.2, 0.25) is 5.91 Å². The second-order valence-corrected chi connectivity index (χ2v) is 9.00. The fraction of sp³-hybridized carbons (Fsp3) is 0.571. The molecule has 8 nitrogen and oxygen atoms in total. The Labute approximate surface area is 182 Å². The van der Waals surface area contributed by atoms with Crippen molar-refractivity contribution in [1.29, 1.82) is 5.26 Å². The highest BCUT2D eigenvalue weighted by molar-refractivity contribution is 5.90. The van der Waals surface area contributed by atoms with E-state index in [0.717, 1.165) is 6.54 Å². The Morgan fingerprint density at radius 1 is 1.38 bits per heavy atom. The Morgan fingerprint density at radius 3 is 2.91 bits per heavy atom. The summed E-state index contributed by atoms with van der Waals surface area (Å²) in [6.45, 7) is 1.77. The van der Waals surface area contributed by atoms with E-state index in [1.54, 1.807) is 17.0 Å². The van der Waals surface area contributed by atoms with Gasteiger partial charge in [0.1, 0.15) is 17.2 Å². The zero-order chi connectivity index (χ0) is 22.7. The summed E-state index contributed by atoms with van der Waals surface area (Å²) in [7, 11) is 1.94. The number of anilines is 1. The van der Waals surface area contributed by atoms with Crippen molar-refractivity contribution in [3.8, 4) is 6.07 Å². The van der Waals surface area contributed by atoms with E-state index < -0.39 is 22.9 Å². The highest BCUT2D eigenvalue weighted by atomic mass is 19.4. The minimum absolute atomic E-state index is 0.0451. The summed E-state index contributed by atoms with van der Waals surface area (Å²) < 4.78 is 49.6. The summed E-state index contributed by atoms with van der Waals surface area (Å²) in [6.07, 6.45) is -3.47. The molecule has 2 aromatic heterocycles. The van der Waals surface area contributed by atoms with Crippen molar-refractivity contribution >= 4 is 17.1 Å². The summed E-state index contributed by atoms with van der Waals surface area (Å²) in [6, 6.07) is 6.84. The molecule has 0 unspecified atom stereocenters. The zero-order valence-electron chi connectivity index (χ0n) is 17.5. The predicted molar refractivity (Wildman–Crippen MR) is 108 cm³/mol. The van der Waals surface area contributed by atoms with Gasteiger partial charge in [-0.15, -0.1) is 0 Å². The molecule has 3 aliphatic rings. The van der Waals surface area contributed by atoms with Crippen molar-refractivity contribution < 1.29 is 22.7 Å². The Balaban J connectivity index is 1.40. The number of fused-ring (bicyclic) bond motifs is 2. The molecule has 11 heteroatoms. The number of likely N-dealkylation sites (N-methyl/N-ethyl adjacent to an activating group) is 1. The molecule has 0 bridgehead atoms. The van der Waals surface area contributed by atoms with E-state index in [-0.39, 0.29) is 37.9 Å². The minimum atomic E-state index is -4.51. The van der Waals surface area contributed by atoms with Gasteiger partial charge in [0.05, 0.1) is 35.5 Å². The van der Waals surface area contributed by atoms with Gasteiger partial charge in [-0.2, -0.15) is 23.5 Å². The van der Waals surface area contributed by atoms with Crippen molar-refractivity contribution in [3.05, 3.63) is 30.1 Å². The van der Waals surface area contributed by atoms with Crippen LogP contribution < -0.4 is 10.2 Å². The van der Waals surface area contributed by atoms with E-state index in [1.165, 1.54) is 16.8 Å². The maximum absolute atomic E-state index is 14.2. The van der Waals surface area contributed by atoms with Crippen molar-refractivity contribution in [1.82, 2.24) is 19.8 Å². The van der Waals surface area contributed by atoms with Crippen LogP contribution in [-0.2, 0) is 9.53 Å². The standard InChI is InChI=1S/C21H23F3N6O2/c1-28-6-7-32-15(10-28)9-26-18(31)19-11-20(19,21(22,23)24)13-29(12-19)16-3-2-14(8-25)30-17(16)4-5-27-30/h2-5,15H,6-7,9-13H2,1H3,(H,26,31)/t15-,19+,20+/m0/s1. The third-order valence-electron chi connectivity index (χ3n) is 7.11. The number of morpholine rings is 1. The molecule has 1 saturated carbocycles. The average Bonchev–Trinajstić information content (AvgIpc) is 3.06. The second kappa shape index (κ2) is 7.08. The number of nitriles is 1. The van der Waals surface area contributed by atoms with Gasteiger partial charge in [-0.05, 0) is 31.7 Å². The largest absolute Gasteiger partial charge is 0.397 e. The smallest absolute Gasteiger partial charge is 0.374 e. The normalized spacial score (nSPS) is 30.2. The first-order chi connectivity index (χ1) is 15.2. The van der Waals surface area contributed by atoms with Crippen LogP contribution in [0.3, 0.4) is 0 Å². The number of hydrogen-bond donors (Lipinski definition) is 1. The number of carbonyl (C=O) groups excluding carboxylic acids is 1. The summed E-state index contributed by atoms with van der Waals surface area (Å²) in [5.74, 6) is -0.577. The molecule has 2 aromatic rings. The topological polar surface area (TPSA) is 85.9 Å². The van der Waals surface area contributed by atoms with E-state index >= 15 is 0 Å². The molecular weight excluding hydrogens is 425 g/mol. The van der Waals surface area contributed by atoms with Crippen LogP contribution in [0.2, 0.25) is 0 Å². The molecular formula is C21H23F3N6O2. The first-order valence-electron chi connectivity index (χ1n) is 10.5. The number of hydrogen-bond acceptors (Lipinski definition) is 6. The van der Waals surface area contributed by atoms with E-state index in [0.29, 0.717) is 24.4 Å². The van der Waals surface area contributed by atoms with E-state index in [9.17, 15) is 23.2 Å². The first kappa shape index (κ1) is 21.0. The lowest BCUT2D eigenvalue weighted by Gasteiger charge is -2.30. The molecule has 32 heavy (non-hydrogen) atoms. The maximum Gasteiger partial charge on any atom is 0.397 e. The van der Waals surface area contributed by atoms with Gasteiger partial charge in [-0.25, -0.2) is 4.52 Å². The van der Waals surface area contributed by atoms with E-state index in [4.69, 9.17) is 4.74 Å². The Hall–Kier alpha value is -2.84. The molecule has 2 saturated heterocycles. The molecule has 1 amide bonds. The molecule has 2 aliphatic heterocycles. The number of amides is 1. The molecule has 0 aromatic carbocycles. The number of pyridine rings is 1. The summed E-state index contributed by atoms with van der Waals surface area (Å²) in [4.78, 5) is 16.8. The number of carbonyl (C=O) groups is 1. The number of nitrogens with zero attached hydrogens (tertiary/aromatic N) is 5. The third-order valence-corrected chi connectivity index (χ3v) is 7.11. The van der Waals surface area contributed by atoms with Gasteiger partial charge in [0.25, 0.3) is 0 Å². The number of rotatable bonds is 4. The van der Waals surface area contributed by atoms with Crippen LogP contribution in [0.1, 0.15) is 12.1 Å². The van der Waals surface area contributed by atoms with Crippen LogP contribution >= 0.6 is 0 Å². The quantitative estimate of drug-likeness (QED) is 0.762.